The van der Waals surface area contributed by atoms with Crippen LogP contribution in [0.15, 0.2) is 53.4 Å². The molecule has 2 aromatic rings. The molecule has 10 heteroatoms. The van der Waals surface area contributed by atoms with Crippen LogP contribution >= 0.6 is 0 Å². The lowest BCUT2D eigenvalue weighted by molar-refractivity contribution is 0.000286. The molecule has 33 heavy (non-hydrogen) atoms. The van der Waals surface area contributed by atoms with Gasteiger partial charge in [0.15, 0.2) is 0 Å². The Hall–Kier alpha value is -3.13. The molecule has 176 valence electrons. The van der Waals surface area contributed by atoms with Crippen LogP contribution < -0.4 is 10.2 Å². The molecule has 2 N–H and O–H groups in total. The van der Waals surface area contributed by atoms with Crippen LogP contribution in [0.25, 0.3) is 0 Å². The Morgan fingerprint density at radius 2 is 1.79 bits per heavy atom. The fraction of sp³-hybridized carbons (Fsp3) is 0.348. The molecular weight excluding hydrogens is 451 g/mol. The number of hydrogen-bond acceptors (Lipinski definition) is 7. The summed E-state index contributed by atoms with van der Waals surface area (Å²) in [5, 5.41) is 8.94. The van der Waals surface area contributed by atoms with Crippen LogP contribution in [0.2, 0.25) is 0 Å². The summed E-state index contributed by atoms with van der Waals surface area (Å²) in [6, 6.07) is 11.9. The number of sulfone groups is 1. The smallest absolute Gasteiger partial charge is 0.432 e. The van der Waals surface area contributed by atoms with Crippen LogP contribution in [-0.4, -0.2) is 49.2 Å². The lowest BCUT2D eigenvalue weighted by Gasteiger charge is -2.40. The molecule has 0 aromatic heterocycles. The third-order valence-electron chi connectivity index (χ3n) is 5.42. The van der Waals surface area contributed by atoms with Gasteiger partial charge in [-0.25, -0.2) is 23.1 Å². The number of carbonyl (C=O) groups excluding carboxylic acids is 1. The lowest BCUT2D eigenvalue weighted by atomic mass is 10.1. The first kappa shape index (κ1) is 24.5. The number of likely N-dealkylation sites (tertiary alicyclic amines) is 1. The second-order valence-electron chi connectivity index (χ2n) is 7.50. The van der Waals surface area contributed by atoms with Crippen LogP contribution in [0.3, 0.4) is 0 Å². The lowest BCUT2D eigenvalue weighted by Crippen LogP contribution is -2.52. The molecule has 1 fully saturated rings. The van der Waals surface area contributed by atoms with Crippen molar-refractivity contribution in [1.82, 2.24) is 10.4 Å². The van der Waals surface area contributed by atoms with Gasteiger partial charge in [-0.2, -0.15) is 0 Å². The predicted molar refractivity (Wildman–Crippen MR) is 118 cm³/mol. The molecule has 0 spiro atoms. The van der Waals surface area contributed by atoms with E-state index in [0.717, 1.165) is 5.56 Å². The minimum absolute atomic E-state index is 0.00567. The van der Waals surface area contributed by atoms with Gasteiger partial charge in [-0.15, -0.1) is 5.92 Å². The van der Waals surface area contributed by atoms with E-state index in [0.29, 0.717) is 25.4 Å². The standard InChI is InChI=1S/C23H25FN2O6S/c1-2-3-16-31-20-8-10-21(11-9-20)33(29,30)23(32-22(27)25-28)12-14-26(15-13-23)17-18-4-6-19(24)7-5-18/h4-11,28H,12-17H2,1H3,(H,25,27). The molecular formula is C23H25FN2O6S. The van der Waals surface area contributed by atoms with Gasteiger partial charge in [0.05, 0.1) is 4.90 Å². The molecule has 0 radical (unpaired) electrons. The Morgan fingerprint density at radius 3 is 2.36 bits per heavy atom. The van der Waals surface area contributed by atoms with Crippen molar-refractivity contribution in [2.75, 3.05) is 19.7 Å². The van der Waals surface area contributed by atoms with Crippen molar-refractivity contribution in [3.8, 4) is 17.6 Å². The number of piperidine rings is 1. The van der Waals surface area contributed by atoms with Gasteiger partial charge in [0.2, 0.25) is 14.8 Å². The van der Waals surface area contributed by atoms with Crippen molar-refractivity contribution in [2.45, 2.75) is 36.1 Å². The quantitative estimate of drug-likeness (QED) is 0.359. The number of rotatable bonds is 7. The Morgan fingerprint density at radius 1 is 1.15 bits per heavy atom. The number of carbonyl (C=O) groups is 1. The van der Waals surface area contributed by atoms with E-state index in [4.69, 9.17) is 14.7 Å². The van der Waals surface area contributed by atoms with Crippen molar-refractivity contribution >= 4 is 15.9 Å². The maximum atomic E-state index is 13.5. The van der Waals surface area contributed by atoms with Gasteiger partial charge >= 0.3 is 6.09 Å². The summed E-state index contributed by atoms with van der Waals surface area (Å²) in [6.07, 6.45) is -1.26. The molecule has 0 saturated carbocycles. The summed E-state index contributed by atoms with van der Waals surface area (Å²) in [6.45, 7) is 2.98. The molecule has 0 atom stereocenters. The highest BCUT2D eigenvalue weighted by Crippen LogP contribution is 2.37. The first-order valence-electron chi connectivity index (χ1n) is 10.3. The highest BCUT2D eigenvalue weighted by Gasteiger charge is 2.50. The average Bonchev–Trinajstić information content (AvgIpc) is 2.82. The molecule has 1 amide bonds. The van der Waals surface area contributed by atoms with E-state index in [1.54, 1.807) is 19.1 Å². The summed E-state index contributed by atoms with van der Waals surface area (Å²) >= 11 is 0. The van der Waals surface area contributed by atoms with Crippen molar-refractivity contribution in [2.24, 2.45) is 0 Å². The van der Waals surface area contributed by atoms with Crippen molar-refractivity contribution in [3.63, 3.8) is 0 Å². The number of ether oxygens (including phenoxy) is 2. The monoisotopic (exact) mass is 476 g/mol. The minimum Gasteiger partial charge on any atom is -0.481 e. The molecule has 1 aliphatic rings. The average molecular weight is 477 g/mol. The van der Waals surface area contributed by atoms with Gasteiger partial charge < -0.3 is 9.47 Å². The third-order valence-corrected chi connectivity index (χ3v) is 7.78. The molecule has 0 aliphatic carbocycles. The van der Waals surface area contributed by atoms with E-state index in [2.05, 4.69) is 11.8 Å². The summed E-state index contributed by atoms with van der Waals surface area (Å²) in [5.41, 5.74) is 2.23. The summed E-state index contributed by atoms with van der Waals surface area (Å²) in [4.78, 5) is 11.9. The van der Waals surface area contributed by atoms with Crippen LogP contribution in [0, 0.1) is 17.7 Å². The number of nitrogens with zero attached hydrogens (tertiary/aromatic N) is 1. The second kappa shape index (κ2) is 10.7. The van der Waals surface area contributed by atoms with Crippen molar-refractivity contribution in [1.29, 1.82) is 0 Å². The second-order valence-corrected chi connectivity index (χ2v) is 9.73. The number of nitrogens with one attached hydrogen (secondary N) is 1. The van der Waals surface area contributed by atoms with Gasteiger partial charge in [-0.05, 0) is 48.9 Å². The van der Waals surface area contributed by atoms with E-state index in [9.17, 15) is 17.6 Å². The topological polar surface area (TPSA) is 105 Å². The molecule has 1 aliphatic heterocycles. The summed E-state index contributed by atoms with van der Waals surface area (Å²) < 4.78 is 50.9. The fourth-order valence-electron chi connectivity index (χ4n) is 3.64. The van der Waals surface area contributed by atoms with Gasteiger partial charge in [-0.3, -0.25) is 10.1 Å². The highest BCUT2D eigenvalue weighted by molar-refractivity contribution is 7.92. The number of benzene rings is 2. The first-order valence-corrected chi connectivity index (χ1v) is 11.7. The predicted octanol–water partition coefficient (Wildman–Crippen LogP) is 3.11. The largest absolute Gasteiger partial charge is 0.481 e. The third kappa shape index (κ3) is 5.82. The van der Waals surface area contributed by atoms with E-state index in [1.807, 2.05) is 4.90 Å². The maximum absolute atomic E-state index is 13.5. The summed E-state index contributed by atoms with van der Waals surface area (Å²) in [7, 11) is -4.13. The normalized spacial score (nSPS) is 15.7. The Labute approximate surface area is 192 Å². The van der Waals surface area contributed by atoms with E-state index in [-0.39, 0.29) is 30.2 Å². The highest BCUT2D eigenvalue weighted by atomic mass is 32.2. The maximum Gasteiger partial charge on any atom is 0.432 e. The molecule has 0 bridgehead atoms. The van der Waals surface area contributed by atoms with E-state index >= 15 is 0 Å². The van der Waals surface area contributed by atoms with Crippen LogP contribution in [-0.2, 0) is 21.1 Å². The zero-order chi connectivity index (χ0) is 23.9. The van der Waals surface area contributed by atoms with E-state index < -0.39 is 20.9 Å². The van der Waals surface area contributed by atoms with Crippen molar-refractivity contribution in [3.05, 3.63) is 59.9 Å². The van der Waals surface area contributed by atoms with Crippen LogP contribution in [0.4, 0.5) is 9.18 Å². The fourth-order valence-corrected chi connectivity index (χ4v) is 5.47. The molecule has 1 heterocycles. The zero-order valence-corrected chi connectivity index (χ0v) is 18.9. The van der Waals surface area contributed by atoms with Crippen LogP contribution in [0.5, 0.6) is 5.75 Å². The molecule has 0 unspecified atom stereocenters. The molecule has 3 rings (SSSR count). The minimum atomic E-state index is -4.13. The Bertz CT molecular complexity index is 1120. The first-order chi connectivity index (χ1) is 15.8. The number of hydroxylamine groups is 1. The van der Waals surface area contributed by atoms with Gasteiger partial charge in [-0.1, -0.05) is 18.1 Å². The molecule has 1 saturated heterocycles. The van der Waals surface area contributed by atoms with Gasteiger partial charge in [0.25, 0.3) is 0 Å². The van der Waals surface area contributed by atoms with Crippen LogP contribution in [0.1, 0.15) is 25.3 Å². The number of hydrogen-bond donors (Lipinski definition) is 2. The Kier molecular flexibility index (Phi) is 7.92. The molecule has 2 aromatic carbocycles. The number of amides is 1. The Balaban J connectivity index is 1.79. The number of halogens is 1. The van der Waals surface area contributed by atoms with Gasteiger partial charge in [0.1, 0.15) is 18.2 Å². The zero-order valence-electron chi connectivity index (χ0n) is 18.1. The summed E-state index contributed by atoms with van der Waals surface area (Å²) in [5.74, 6) is 5.57. The molecule has 8 nitrogen and oxygen atoms in total. The van der Waals surface area contributed by atoms with Crippen molar-refractivity contribution < 1.29 is 32.3 Å². The van der Waals surface area contributed by atoms with Gasteiger partial charge in [0, 0.05) is 32.5 Å². The van der Waals surface area contributed by atoms with E-state index in [1.165, 1.54) is 41.9 Å². The SMILES string of the molecule is CC#CCOc1ccc(S(=O)(=O)C2(OC(=O)NO)CCN(Cc3ccc(F)cc3)CC2)cc1.